The third kappa shape index (κ3) is 3.72. The SMILES string of the molecule is Cc1nc(C2COCCN2S(=O)(=O)Cc2ccccc2)cc(=O)[nH]1. The normalized spacial score (nSPS) is 19.3. The maximum atomic E-state index is 12.9. The molecular formula is C16H19N3O4S. The molecule has 3 rings (SSSR count). The van der Waals surface area contributed by atoms with Gasteiger partial charge in [0.1, 0.15) is 5.82 Å². The van der Waals surface area contributed by atoms with E-state index in [-0.39, 0.29) is 24.5 Å². The van der Waals surface area contributed by atoms with Crippen LogP contribution in [0.2, 0.25) is 0 Å². The molecule has 8 heteroatoms. The lowest BCUT2D eigenvalue weighted by atomic mass is 10.2. The van der Waals surface area contributed by atoms with Crippen molar-refractivity contribution in [3.8, 4) is 0 Å². The predicted molar refractivity (Wildman–Crippen MR) is 88.9 cm³/mol. The number of H-pyrrole nitrogens is 1. The monoisotopic (exact) mass is 349 g/mol. The van der Waals surface area contributed by atoms with Gasteiger partial charge >= 0.3 is 0 Å². The van der Waals surface area contributed by atoms with Gasteiger partial charge in [-0.3, -0.25) is 4.79 Å². The minimum Gasteiger partial charge on any atom is -0.378 e. The number of ether oxygens (including phenoxy) is 1. The van der Waals surface area contributed by atoms with Crippen LogP contribution in [0.25, 0.3) is 0 Å². The van der Waals surface area contributed by atoms with Crippen molar-refractivity contribution in [3.05, 3.63) is 63.8 Å². The maximum absolute atomic E-state index is 12.9. The number of rotatable bonds is 4. The fourth-order valence-corrected chi connectivity index (χ4v) is 4.48. The molecule has 1 fully saturated rings. The maximum Gasteiger partial charge on any atom is 0.251 e. The molecule has 0 radical (unpaired) electrons. The molecule has 0 amide bonds. The van der Waals surface area contributed by atoms with E-state index >= 15 is 0 Å². The Bertz CT molecular complexity index is 864. The average molecular weight is 349 g/mol. The molecule has 0 spiro atoms. The highest BCUT2D eigenvalue weighted by molar-refractivity contribution is 7.88. The average Bonchev–Trinajstić information content (AvgIpc) is 2.54. The molecule has 1 aliphatic heterocycles. The first kappa shape index (κ1) is 16.8. The van der Waals surface area contributed by atoms with Gasteiger partial charge in [0, 0.05) is 12.6 Å². The molecule has 0 saturated carbocycles. The highest BCUT2D eigenvalue weighted by atomic mass is 32.2. The number of sulfonamides is 1. The molecule has 2 heterocycles. The van der Waals surface area contributed by atoms with Crippen molar-refractivity contribution in [2.75, 3.05) is 19.8 Å². The first-order valence-electron chi connectivity index (χ1n) is 7.65. The fourth-order valence-electron chi connectivity index (χ4n) is 2.80. The Morgan fingerprint density at radius 1 is 1.33 bits per heavy atom. The van der Waals surface area contributed by atoms with Gasteiger partial charge in [-0.2, -0.15) is 4.31 Å². The van der Waals surface area contributed by atoms with E-state index in [2.05, 4.69) is 9.97 Å². The van der Waals surface area contributed by atoms with Gasteiger partial charge in [-0.25, -0.2) is 13.4 Å². The Balaban J connectivity index is 1.93. The van der Waals surface area contributed by atoms with E-state index in [0.29, 0.717) is 18.1 Å². The van der Waals surface area contributed by atoms with Crippen molar-refractivity contribution in [1.29, 1.82) is 0 Å². The van der Waals surface area contributed by atoms with Crippen LogP contribution in [0.1, 0.15) is 23.1 Å². The number of nitrogens with zero attached hydrogens (tertiary/aromatic N) is 2. The van der Waals surface area contributed by atoms with Gasteiger partial charge in [-0.1, -0.05) is 30.3 Å². The lowest BCUT2D eigenvalue weighted by molar-refractivity contribution is 0.0304. The number of hydrogen-bond acceptors (Lipinski definition) is 5. The minimum atomic E-state index is -3.56. The number of morpholine rings is 1. The topological polar surface area (TPSA) is 92.4 Å². The second-order valence-electron chi connectivity index (χ2n) is 5.70. The Labute approximate surface area is 140 Å². The summed E-state index contributed by atoms with van der Waals surface area (Å²) in [6, 6.07) is 9.76. The molecule has 0 aliphatic carbocycles. The van der Waals surface area contributed by atoms with Crippen LogP contribution in [-0.4, -0.2) is 42.4 Å². The summed E-state index contributed by atoms with van der Waals surface area (Å²) >= 11 is 0. The lowest BCUT2D eigenvalue weighted by Gasteiger charge is -2.34. The highest BCUT2D eigenvalue weighted by Gasteiger charge is 2.35. The molecule has 1 aliphatic rings. The second kappa shape index (κ2) is 6.84. The quantitative estimate of drug-likeness (QED) is 0.888. The Morgan fingerprint density at radius 3 is 2.79 bits per heavy atom. The van der Waals surface area contributed by atoms with Gasteiger partial charge in [0.25, 0.3) is 5.56 Å². The van der Waals surface area contributed by atoms with Crippen molar-refractivity contribution in [2.24, 2.45) is 0 Å². The van der Waals surface area contributed by atoms with E-state index in [1.165, 1.54) is 10.4 Å². The van der Waals surface area contributed by atoms with Gasteiger partial charge in [-0.05, 0) is 12.5 Å². The summed E-state index contributed by atoms with van der Waals surface area (Å²) in [5.41, 5.74) is 0.828. The number of aromatic nitrogens is 2. The second-order valence-corrected chi connectivity index (χ2v) is 7.62. The Morgan fingerprint density at radius 2 is 2.08 bits per heavy atom. The molecule has 2 aromatic rings. The summed E-state index contributed by atoms with van der Waals surface area (Å²) in [4.78, 5) is 18.6. The molecule has 1 unspecified atom stereocenters. The molecule has 0 bridgehead atoms. The number of aryl methyl sites for hydroxylation is 1. The van der Waals surface area contributed by atoms with Gasteiger partial charge < -0.3 is 9.72 Å². The summed E-state index contributed by atoms with van der Waals surface area (Å²) in [5.74, 6) is 0.357. The van der Waals surface area contributed by atoms with Crippen LogP contribution >= 0.6 is 0 Å². The molecule has 24 heavy (non-hydrogen) atoms. The predicted octanol–water partition coefficient (Wildman–Crippen LogP) is 0.982. The van der Waals surface area contributed by atoms with Gasteiger partial charge in [0.05, 0.1) is 30.7 Å². The summed E-state index contributed by atoms with van der Waals surface area (Å²) in [5, 5.41) is 0. The van der Waals surface area contributed by atoms with Gasteiger partial charge in [0.15, 0.2) is 0 Å². The zero-order valence-electron chi connectivity index (χ0n) is 13.3. The molecule has 128 valence electrons. The zero-order valence-corrected chi connectivity index (χ0v) is 14.1. The fraction of sp³-hybridized carbons (Fsp3) is 0.375. The number of aromatic amines is 1. The van der Waals surface area contributed by atoms with Crippen LogP contribution < -0.4 is 5.56 Å². The zero-order chi connectivity index (χ0) is 17.2. The molecule has 1 aromatic carbocycles. The Kier molecular flexibility index (Phi) is 4.79. The summed E-state index contributed by atoms with van der Waals surface area (Å²) < 4.78 is 32.6. The van der Waals surface area contributed by atoms with Crippen LogP contribution in [0.3, 0.4) is 0 Å². The number of hydrogen-bond donors (Lipinski definition) is 1. The van der Waals surface area contributed by atoms with Crippen LogP contribution in [0.5, 0.6) is 0 Å². The minimum absolute atomic E-state index is 0.0908. The summed E-state index contributed by atoms with van der Waals surface area (Å²) in [6.45, 7) is 2.42. The van der Waals surface area contributed by atoms with E-state index in [0.717, 1.165) is 5.56 Å². The van der Waals surface area contributed by atoms with Crippen molar-refractivity contribution in [2.45, 2.75) is 18.7 Å². The molecule has 1 N–H and O–H groups in total. The third-order valence-electron chi connectivity index (χ3n) is 3.85. The van der Waals surface area contributed by atoms with Crippen LogP contribution in [0, 0.1) is 6.92 Å². The van der Waals surface area contributed by atoms with Crippen molar-refractivity contribution < 1.29 is 13.2 Å². The van der Waals surface area contributed by atoms with E-state index in [9.17, 15) is 13.2 Å². The smallest absolute Gasteiger partial charge is 0.251 e. The molecular weight excluding hydrogens is 330 g/mol. The van der Waals surface area contributed by atoms with E-state index in [1.54, 1.807) is 19.1 Å². The molecule has 1 aromatic heterocycles. The van der Waals surface area contributed by atoms with Crippen molar-refractivity contribution in [3.63, 3.8) is 0 Å². The standard InChI is InChI=1S/C16H19N3O4S/c1-12-17-14(9-16(20)18-12)15-10-23-8-7-19(15)24(21,22)11-13-5-3-2-4-6-13/h2-6,9,15H,7-8,10-11H2,1H3,(H,17,18,20). The Hall–Kier alpha value is -2.03. The van der Waals surface area contributed by atoms with Gasteiger partial charge in [-0.15, -0.1) is 0 Å². The summed E-state index contributed by atoms with van der Waals surface area (Å²) in [7, 11) is -3.56. The van der Waals surface area contributed by atoms with E-state index < -0.39 is 16.1 Å². The first-order chi connectivity index (χ1) is 11.5. The lowest BCUT2D eigenvalue weighted by Crippen LogP contribution is -2.44. The summed E-state index contributed by atoms with van der Waals surface area (Å²) in [6.07, 6.45) is 0. The van der Waals surface area contributed by atoms with Crippen molar-refractivity contribution in [1.82, 2.24) is 14.3 Å². The number of nitrogens with one attached hydrogen (secondary N) is 1. The molecule has 7 nitrogen and oxygen atoms in total. The van der Waals surface area contributed by atoms with E-state index in [1.807, 2.05) is 18.2 Å². The number of benzene rings is 1. The van der Waals surface area contributed by atoms with E-state index in [4.69, 9.17) is 4.74 Å². The van der Waals surface area contributed by atoms with Gasteiger partial charge in [0.2, 0.25) is 10.0 Å². The first-order valence-corrected chi connectivity index (χ1v) is 9.26. The molecule has 1 atom stereocenters. The third-order valence-corrected chi connectivity index (χ3v) is 5.70. The highest BCUT2D eigenvalue weighted by Crippen LogP contribution is 2.26. The molecule has 1 saturated heterocycles. The van der Waals surface area contributed by atoms with Crippen LogP contribution in [0.15, 0.2) is 41.2 Å². The van der Waals surface area contributed by atoms with Crippen LogP contribution in [0.4, 0.5) is 0 Å². The van der Waals surface area contributed by atoms with Crippen molar-refractivity contribution >= 4 is 10.0 Å². The van der Waals surface area contributed by atoms with Crippen LogP contribution in [-0.2, 0) is 20.5 Å². The largest absolute Gasteiger partial charge is 0.378 e.